The molecule has 0 bridgehead atoms. The average Bonchev–Trinajstić information content (AvgIpc) is 2.25. The molecular formula is C8H2F3N3O4. The fraction of sp³-hybridized carbons (Fsp3) is 0.125. The molecule has 0 aromatic heterocycles. The fourth-order valence-electron chi connectivity index (χ4n) is 1.20. The van der Waals surface area contributed by atoms with Crippen LogP contribution in [0.15, 0.2) is 12.1 Å². The summed E-state index contributed by atoms with van der Waals surface area (Å²) in [6.45, 7) is 0. The van der Waals surface area contributed by atoms with Crippen LogP contribution in [0.3, 0.4) is 0 Å². The number of hydrogen-bond donors (Lipinski definition) is 0. The molecule has 0 radical (unpaired) electrons. The maximum Gasteiger partial charge on any atom is 0.418 e. The molecular weight excluding hydrogens is 259 g/mol. The van der Waals surface area contributed by atoms with Crippen molar-refractivity contribution in [1.82, 2.24) is 0 Å². The van der Waals surface area contributed by atoms with Gasteiger partial charge in [0.05, 0.1) is 21.5 Å². The lowest BCUT2D eigenvalue weighted by molar-refractivity contribution is -0.394. The average molecular weight is 261 g/mol. The Morgan fingerprint density at radius 2 is 1.72 bits per heavy atom. The first kappa shape index (κ1) is 13.4. The molecule has 0 aliphatic heterocycles. The van der Waals surface area contributed by atoms with Gasteiger partial charge in [0.25, 0.3) is 11.4 Å². The fourth-order valence-corrected chi connectivity index (χ4v) is 1.20. The molecule has 1 aromatic carbocycles. The smallest absolute Gasteiger partial charge is 0.258 e. The van der Waals surface area contributed by atoms with Crippen molar-refractivity contribution in [2.75, 3.05) is 0 Å². The molecule has 0 heterocycles. The molecule has 0 amide bonds. The number of nitrogens with zero attached hydrogens (tertiary/aromatic N) is 3. The number of nitriles is 1. The number of rotatable bonds is 2. The van der Waals surface area contributed by atoms with Gasteiger partial charge < -0.3 is 0 Å². The van der Waals surface area contributed by atoms with Crippen molar-refractivity contribution in [3.63, 3.8) is 0 Å². The Balaban J connectivity index is 3.74. The Kier molecular flexibility index (Phi) is 3.18. The lowest BCUT2D eigenvalue weighted by Crippen LogP contribution is -2.10. The minimum atomic E-state index is -5.10. The summed E-state index contributed by atoms with van der Waals surface area (Å²) in [4.78, 5) is 18.4. The minimum Gasteiger partial charge on any atom is -0.258 e. The standard InChI is InChI=1S/C8H2F3N3O4/c9-8(10,11)6-1-4(13(15)16)2-7(14(17)18)5(6)3-12/h1-2H. The predicted molar refractivity (Wildman–Crippen MR) is 49.5 cm³/mol. The van der Waals surface area contributed by atoms with Crippen LogP contribution in [0.4, 0.5) is 24.5 Å². The van der Waals surface area contributed by atoms with E-state index in [0.717, 1.165) is 6.07 Å². The van der Waals surface area contributed by atoms with Crippen LogP contribution in [0.2, 0.25) is 0 Å². The zero-order valence-electron chi connectivity index (χ0n) is 8.26. The second kappa shape index (κ2) is 4.28. The van der Waals surface area contributed by atoms with E-state index < -0.39 is 38.5 Å². The van der Waals surface area contributed by atoms with Gasteiger partial charge in [-0.3, -0.25) is 20.2 Å². The monoisotopic (exact) mass is 261 g/mol. The van der Waals surface area contributed by atoms with Crippen LogP contribution in [0, 0.1) is 31.6 Å². The molecule has 0 aliphatic carbocycles. The first-order valence-electron chi connectivity index (χ1n) is 4.12. The van der Waals surface area contributed by atoms with Crippen LogP contribution in [0.1, 0.15) is 11.1 Å². The third-order valence-electron chi connectivity index (χ3n) is 1.93. The first-order valence-corrected chi connectivity index (χ1v) is 4.12. The van der Waals surface area contributed by atoms with Crippen molar-refractivity contribution in [3.05, 3.63) is 43.5 Å². The Morgan fingerprint density at radius 1 is 1.17 bits per heavy atom. The number of nitro benzene ring substituents is 2. The largest absolute Gasteiger partial charge is 0.418 e. The molecule has 0 fully saturated rings. The van der Waals surface area contributed by atoms with E-state index in [9.17, 15) is 33.4 Å². The van der Waals surface area contributed by atoms with E-state index >= 15 is 0 Å². The van der Waals surface area contributed by atoms with E-state index in [1.165, 1.54) is 0 Å². The third-order valence-corrected chi connectivity index (χ3v) is 1.93. The molecule has 0 saturated carbocycles. The Hall–Kier alpha value is -2.70. The van der Waals surface area contributed by atoms with Crippen molar-refractivity contribution in [2.45, 2.75) is 6.18 Å². The predicted octanol–water partition coefficient (Wildman–Crippen LogP) is 2.39. The molecule has 0 saturated heterocycles. The SMILES string of the molecule is N#Cc1c([N+](=O)[O-])cc([N+](=O)[O-])cc1C(F)(F)F. The first-order chi connectivity index (χ1) is 8.18. The summed E-state index contributed by atoms with van der Waals surface area (Å²) in [5, 5.41) is 29.4. The van der Waals surface area contributed by atoms with Crippen molar-refractivity contribution in [2.24, 2.45) is 0 Å². The molecule has 7 nitrogen and oxygen atoms in total. The molecule has 0 unspecified atom stereocenters. The van der Waals surface area contributed by atoms with E-state index in [1.54, 1.807) is 0 Å². The highest BCUT2D eigenvalue weighted by Crippen LogP contribution is 2.38. The van der Waals surface area contributed by atoms with Gasteiger partial charge in [-0.2, -0.15) is 18.4 Å². The van der Waals surface area contributed by atoms with Crippen LogP contribution < -0.4 is 0 Å². The summed E-state index contributed by atoms with van der Waals surface area (Å²) in [6, 6.07) is 1.44. The molecule has 18 heavy (non-hydrogen) atoms. The number of benzene rings is 1. The highest BCUT2D eigenvalue weighted by atomic mass is 19.4. The maximum absolute atomic E-state index is 12.5. The Labute approximate surface area is 96.4 Å². The molecule has 1 aromatic rings. The quantitative estimate of drug-likeness (QED) is 0.599. The number of nitro groups is 2. The summed E-state index contributed by atoms with van der Waals surface area (Å²) >= 11 is 0. The highest BCUT2D eigenvalue weighted by molar-refractivity contribution is 5.60. The van der Waals surface area contributed by atoms with Gasteiger partial charge in [-0.15, -0.1) is 0 Å². The van der Waals surface area contributed by atoms with E-state index in [4.69, 9.17) is 5.26 Å². The van der Waals surface area contributed by atoms with Gasteiger partial charge >= 0.3 is 6.18 Å². The lowest BCUT2D eigenvalue weighted by atomic mass is 10.0. The molecule has 10 heteroatoms. The molecule has 1 rings (SSSR count). The molecule has 0 aliphatic rings. The van der Waals surface area contributed by atoms with Gasteiger partial charge in [0.15, 0.2) is 0 Å². The van der Waals surface area contributed by atoms with Crippen LogP contribution in [-0.2, 0) is 6.18 Å². The van der Waals surface area contributed by atoms with E-state index in [2.05, 4.69) is 0 Å². The third kappa shape index (κ3) is 2.34. The van der Waals surface area contributed by atoms with Gasteiger partial charge in [-0.25, -0.2) is 0 Å². The van der Waals surface area contributed by atoms with Crippen LogP contribution in [-0.4, -0.2) is 9.85 Å². The van der Waals surface area contributed by atoms with Crippen LogP contribution in [0.25, 0.3) is 0 Å². The number of halogens is 3. The molecule has 0 spiro atoms. The highest BCUT2D eigenvalue weighted by Gasteiger charge is 2.39. The summed E-state index contributed by atoms with van der Waals surface area (Å²) in [6.07, 6.45) is -5.10. The Bertz CT molecular complexity index is 576. The number of alkyl halides is 3. The van der Waals surface area contributed by atoms with Crippen LogP contribution >= 0.6 is 0 Å². The molecule has 0 atom stereocenters. The topological polar surface area (TPSA) is 110 Å². The van der Waals surface area contributed by atoms with E-state index in [-0.39, 0.29) is 6.07 Å². The summed E-state index contributed by atoms with van der Waals surface area (Å²) < 4.78 is 37.6. The van der Waals surface area contributed by atoms with Crippen molar-refractivity contribution in [3.8, 4) is 6.07 Å². The molecule has 94 valence electrons. The Morgan fingerprint density at radius 3 is 2.06 bits per heavy atom. The minimum absolute atomic E-state index is 0.0888. The summed E-state index contributed by atoms with van der Waals surface area (Å²) in [5.74, 6) is 0. The van der Waals surface area contributed by atoms with E-state index in [1.807, 2.05) is 0 Å². The van der Waals surface area contributed by atoms with Gasteiger partial charge in [0.1, 0.15) is 11.6 Å². The van der Waals surface area contributed by atoms with Gasteiger partial charge in [-0.1, -0.05) is 0 Å². The molecule has 0 N–H and O–H groups in total. The van der Waals surface area contributed by atoms with Crippen molar-refractivity contribution < 1.29 is 23.0 Å². The van der Waals surface area contributed by atoms with E-state index in [0.29, 0.717) is 6.07 Å². The maximum atomic E-state index is 12.5. The summed E-state index contributed by atoms with van der Waals surface area (Å²) in [5.41, 5.74) is -5.31. The van der Waals surface area contributed by atoms with Crippen molar-refractivity contribution >= 4 is 11.4 Å². The van der Waals surface area contributed by atoms with Crippen molar-refractivity contribution in [1.29, 1.82) is 5.26 Å². The zero-order valence-corrected chi connectivity index (χ0v) is 8.26. The van der Waals surface area contributed by atoms with Gasteiger partial charge in [-0.05, 0) is 0 Å². The second-order valence-corrected chi connectivity index (χ2v) is 3.01. The second-order valence-electron chi connectivity index (χ2n) is 3.01. The lowest BCUT2D eigenvalue weighted by Gasteiger charge is -2.08. The summed E-state index contributed by atoms with van der Waals surface area (Å²) in [7, 11) is 0. The van der Waals surface area contributed by atoms with Gasteiger partial charge in [0, 0.05) is 6.07 Å². The zero-order chi connectivity index (χ0) is 14.1. The normalized spacial score (nSPS) is 10.8. The van der Waals surface area contributed by atoms with Crippen LogP contribution in [0.5, 0.6) is 0 Å². The number of hydrogen-bond acceptors (Lipinski definition) is 5. The van der Waals surface area contributed by atoms with Gasteiger partial charge in [0.2, 0.25) is 0 Å². The number of non-ortho nitro benzene ring substituents is 1.